The Morgan fingerprint density at radius 1 is 0.806 bits per heavy atom. The van der Waals surface area contributed by atoms with Gasteiger partial charge in [-0.05, 0) is 60.6 Å². The number of hydrogen-bond donors (Lipinski definition) is 3. The molecule has 0 radical (unpaired) electrons. The molecule has 3 aromatic carbocycles. The zero-order valence-corrected chi connectivity index (χ0v) is 21.4. The second kappa shape index (κ2) is 14.6. The molecule has 0 spiro atoms. The number of carbonyl (C=O) groups is 2. The van der Waals surface area contributed by atoms with E-state index in [0.717, 1.165) is 24.2 Å². The fraction of sp³-hybridized carbons (Fsp3) is 0.276. The van der Waals surface area contributed by atoms with Gasteiger partial charge in [-0.1, -0.05) is 75.1 Å². The minimum atomic E-state index is -0.343. The van der Waals surface area contributed by atoms with Crippen molar-refractivity contribution in [2.24, 2.45) is 0 Å². The lowest BCUT2D eigenvalue weighted by Gasteiger charge is -2.14. The number of nitrogens with one attached hydrogen (secondary N) is 3. The number of benzene rings is 3. The molecule has 36 heavy (non-hydrogen) atoms. The topological polar surface area (TPSA) is 79.5 Å². The maximum Gasteiger partial charge on any atom is 0.257 e. The second-order valence-corrected chi connectivity index (χ2v) is 8.82. The molecule has 2 amide bonds. The first-order valence-electron chi connectivity index (χ1n) is 12.3. The summed E-state index contributed by atoms with van der Waals surface area (Å²) in [5, 5.41) is 8.65. The van der Waals surface area contributed by atoms with Crippen LogP contribution in [0.2, 0.25) is 0 Å². The summed E-state index contributed by atoms with van der Waals surface area (Å²) in [6.07, 6.45) is 5.90. The quantitative estimate of drug-likeness (QED) is 0.206. The van der Waals surface area contributed by atoms with Gasteiger partial charge in [0.2, 0.25) is 0 Å². The molecule has 188 valence electrons. The molecule has 0 aromatic heterocycles. The SMILES string of the molecule is CCCCCCCOc1ccc(C(=O)NC(=S)Nc2ccccc2C(=O)NCc2ccccc2)cc1. The Bertz CT molecular complexity index is 1130. The molecule has 3 rings (SSSR count). The van der Waals surface area contributed by atoms with E-state index in [1.54, 1.807) is 48.5 Å². The van der Waals surface area contributed by atoms with Crippen molar-refractivity contribution in [3.8, 4) is 5.75 Å². The van der Waals surface area contributed by atoms with E-state index in [1.807, 2.05) is 30.3 Å². The summed E-state index contributed by atoms with van der Waals surface area (Å²) >= 11 is 5.33. The normalized spacial score (nSPS) is 10.4. The van der Waals surface area contributed by atoms with Crippen LogP contribution in [0.25, 0.3) is 0 Å². The molecule has 3 aromatic rings. The van der Waals surface area contributed by atoms with Crippen LogP contribution in [0.5, 0.6) is 5.75 Å². The number of amides is 2. The fourth-order valence-corrected chi connectivity index (χ4v) is 3.79. The Balaban J connectivity index is 1.49. The van der Waals surface area contributed by atoms with Gasteiger partial charge < -0.3 is 15.4 Å². The van der Waals surface area contributed by atoms with Crippen LogP contribution in [0.1, 0.15) is 65.3 Å². The van der Waals surface area contributed by atoms with Crippen LogP contribution in [0.15, 0.2) is 78.9 Å². The first-order chi connectivity index (χ1) is 17.6. The van der Waals surface area contributed by atoms with Crippen LogP contribution in [0.3, 0.4) is 0 Å². The van der Waals surface area contributed by atoms with Crippen molar-refractivity contribution in [3.05, 3.63) is 95.6 Å². The molecule has 0 unspecified atom stereocenters. The molecular weight excluding hydrogens is 470 g/mol. The largest absolute Gasteiger partial charge is 0.494 e. The number of ether oxygens (including phenoxy) is 1. The minimum Gasteiger partial charge on any atom is -0.494 e. The predicted molar refractivity (Wildman–Crippen MR) is 148 cm³/mol. The van der Waals surface area contributed by atoms with Crippen LogP contribution in [0, 0.1) is 0 Å². The minimum absolute atomic E-state index is 0.107. The average molecular weight is 504 g/mol. The van der Waals surface area contributed by atoms with Gasteiger partial charge in [0.05, 0.1) is 17.9 Å². The van der Waals surface area contributed by atoms with Crippen molar-refractivity contribution in [1.29, 1.82) is 0 Å². The highest BCUT2D eigenvalue weighted by molar-refractivity contribution is 7.80. The lowest BCUT2D eigenvalue weighted by molar-refractivity contribution is 0.0950. The third-order valence-corrected chi connectivity index (χ3v) is 5.78. The number of carbonyl (C=O) groups excluding carboxylic acids is 2. The van der Waals surface area contributed by atoms with E-state index in [4.69, 9.17) is 17.0 Å². The number of unbranched alkanes of at least 4 members (excludes halogenated alkanes) is 4. The van der Waals surface area contributed by atoms with Crippen LogP contribution in [-0.4, -0.2) is 23.5 Å². The lowest BCUT2D eigenvalue weighted by Crippen LogP contribution is -2.35. The highest BCUT2D eigenvalue weighted by atomic mass is 32.1. The van der Waals surface area contributed by atoms with Crippen molar-refractivity contribution in [3.63, 3.8) is 0 Å². The van der Waals surface area contributed by atoms with Crippen molar-refractivity contribution < 1.29 is 14.3 Å². The zero-order chi connectivity index (χ0) is 25.6. The summed E-state index contributed by atoms with van der Waals surface area (Å²) in [6, 6.07) is 23.7. The van der Waals surface area contributed by atoms with Gasteiger partial charge in [-0.25, -0.2) is 0 Å². The van der Waals surface area contributed by atoms with Crippen LogP contribution >= 0.6 is 12.2 Å². The number of para-hydroxylation sites is 1. The molecule has 0 bridgehead atoms. The first-order valence-corrected chi connectivity index (χ1v) is 12.7. The molecule has 3 N–H and O–H groups in total. The van der Waals surface area contributed by atoms with E-state index >= 15 is 0 Å². The molecule has 0 aliphatic rings. The van der Waals surface area contributed by atoms with Gasteiger partial charge in [0, 0.05) is 12.1 Å². The highest BCUT2D eigenvalue weighted by Crippen LogP contribution is 2.16. The molecule has 6 nitrogen and oxygen atoms in total. The third-order valence-electron chi connectivity index (χ3n) is 5.58. The summed E-state index contributed by atoms with van der Waals surface area (Å²) in [5.74, 6) is 0.153. The van der Waals surface area contributed by atoms with Gasteiger partial charge in [0.15, 0.2) is 5.11 Å². The van der Waals surface area contributed by atoms with Crippen molar-refractivity contribution >= 4 is 34.8 Å². The van der Waals surface area contributed by atoms with Crippen molar-refractivity contribution in [2.75, 3.05) is 11.9 Å². The number of thiocarbonyl (C=S) groups is 1. The Morgan fingerprint density at radius 3 is 2.25 bits per heavy atom. The van der Waals surface area contributed by atoms with Gasteiger partial charge >= 0.3 is 0 Å². The van der Waals surface area contributed by atoms with E-state index in [1.165, 1.54) is 19.3 Å². The Kier molecular flexibility index (Phi) is 10.9. The number of anilines is 1. The molecular formula is C29H33N3O3S. The molecule has 0 aliphatic carbocycles. The zero-order valence-electron chi connectivity index (χ0n) is 20.6. The van der Waals surface area contributed by atoms with Gasteiger partial charge in [0.1, 0.15) is 5.75 Å². The average Bonchev–Trinajstić information content (AvgIpc) is 2.90. The Hall–Kier alpha value is -3.71. The summed E-state index contributed by atoms with van der Waals surface area (Å²) in [5.41, 5.74) is 2.41. The summed E-state index contributed by atoms with van der Waals surface area (Å²) in [6.45, 7) is 3.28. The molecule has 7 heteroatoms. The standard InChI is InChI=1S/C29H33N3O3S/c1-2-3-4-5-11-20-35-24-18-16-23(17-19-24)27(33)32-29(36)31-26-15-10-9-14-25(26)28(34)30-21-22-12-7-6-8-13-22/h6-10,12-19H,2-5,11,20-21H2,1H3,(H,30,34)(H2,31,32,33,36). The summed E-state index contributed by atoms with van der Waals surface area (Å²) in [4.78, 5) is 25.4. The van der Waals surface area contributed by atoms with E-state index in [-0.39, 0.29) is 16.9 Å². The molecule has 0 aliphatic heterocycles. The molecule has 0 fully saturated rings. The van der Waals surface area contributed by atoms with Gasteiger partial charge in [-0.15, -0.1) is 0 Å². The number of hydrogen-bond acceptors (Lipinski definition) is 4. The fourth-order valence-electron chi connectivity index (χ4n) is 3.59. The predicted octanol–water partition coefficient (Wildman–Crippen LogP) is 6.09. The number of rotatable bonds is 12. The smallest absolute Gasteiger partial charge is 0.257 e. The summed E-state index contributed by atoms with van der Waals surface area (Å²) < 4.78 is 5.76. The van der Waals surface area contributed by atoms with Crippen LogP contribution < -0.4 is 20.7 Å². The third kappa shape index (κ3) is 8.82. The van der Waals surface area contributed by atoms with Crippen molar-refractivity contribution in [1.82, 2.24) is 10.6 Å². The van der Waals surface area contributed by atoms with E-state index in [0.29, 0.717) is 30.0 Å². The first kappa shape index (κ1) is 26.9. The van der Waals surface area contributed by atoms with E-state index in [2.05, 4.69) is 22.9 Å². The monoisotopic (exact) mass is 503 g/mol. The van der Waals surface area contributed by atoms with Gasteiger partial charge in [-0.3, -0.25) is 14.9 Å². The van der Waals surface area contributed by atoms with E-state index < -0.39 is 0 Å². The molecule has 0 atom stereocenters. The van der Waals surface area contributed by atoms with Crippen LogP contribution in [-0.2, 0) is 6.54 Å². The van der Waals surface area contributed by atoms with Gasteiger partial charge in [-0.2, -0.15) is 0 Å². The Labute approximate surface area is 218 Å². The van der Waals surface area contributed by atoms with Gasteiger partial charge in [0.25, 0.3) is 11.8 Å². The van der Waals surface area contributed by atoms with Crippen LogP contribution in [0.4, 0.5) is 5.69 Å². The molecule has 0 heterocycles. The van der Waals surface area contributed by atoms with E-state index in [9.17, 15) is 9.59 Å². The Morgan fingerprint density at radius 2 is 1.50 bits per heavy atom. The maximum absolute atomic E-state index is 12.7. The molecule has 0 saturated carbocycles. The maximum atomic E-state index is 12.7. The van der Waals surface area contributed by atoms with Crippen molar-refractivity contribution in [2.45, 2.75) is 45.6 Å². The second-order valence-electron chi connectivity index (χ2n) is 8.41. The molecule has 0 saturated heterocycles. The summed E-state index contributed by atoms with van der Waals surface area (Å²) in [7, 11) is 0. The lowest BCUT2D eigenvalue weighted by atomic mass is 10.1. The highest BCUT2D eigenvalue weighted by Gasteiger charge is 2.14.